The molecule has 1 aromatic heterocycles. The fraction of sp³-hybridized carbons (Fsp3) is 0.714. The monoisotopic (exact) mass is 263 g/mol. The van der Waals surface area contributed by atoms with Crippen LogP contribution in [0, 0.1) is 11.3 Å². The van der Waals surface area contributed by atoms with Crippen molar-refractivity contribution in [3.63, 3.8) is 0 Å². The first-order valence-electron chi connectivity index (χ1n) is 7.08. The highest BCUT2D eigenvalue weighted by atomic mass is 16.5. The van der Waals surface area contributed by atoms with Crippen molar-refractivity contribution in [3.8, 4) is 0 Å². The number of aromatic nitrogens is 2. The zero-order valence-corrected chi connectivity index (χ0v) is 11.2. The Morgan fingerprint density at radius 1 is 1.53 bits per heavy atom. The van der Waals surface area contributed by atoms with Crippen LogP contribution in [-0.4, -0.2) is 35.4 Å². The van der Waals surface area contributed by atoms with Gasteiger partial charge < -0.3 is 10.1 Å². The van der Waals surface area contributed by atoms with Gasteiger partial charge in [0.2, 0.25) is 5.91 Å². The number of nitrogens with one attached hydrogen (secondary N) is 1. The van der Waals surface area contributed by atoms with Crippen molar-refractivity contribution < 1.29 is 9.53 Å². The van der Waals surface area contributed by atoms with E-state index in [-0.39, 0.29) is 11.3 Å². The summed E-state index contributed by atoms with van der Waals surface area (Å²) in [4.78, 5) is 11.9. The molecule has 0 unspecified atom stereocenters. The summed E-state index contributed by atoms with van der Waals surface area (Å²) in [5.74, 6) is 0.587. The molecule has 1 amide bonds. The van der Waals surface area contributed by atoms with Gasteiger partial charge in [0.05, 0.1) is 0 Å². The third-order valence-corrected chi connectivity index (χ3v) is 4.17. The molecule has 1 saturated heterocycles. The Morgan fingerprint density at radius 3 is 3.05 bits per heavy atom. The molecule has 2 aliphatic rings. The summed E-state index contributed by atoms with van der Waals surface area (Å²) in [6.45, 7) is 3.24. The third kappa shape index (κ3) is 3.35. The molecule has 2 fully saturated rings. The van der Waals surface area contributed by atoms with E-state index in [9.17, 15) is 4.79 Å². The summed E-state index contributed by atoms with van der Waals surface area (Å²) in [7, 11) is 0. The van der Waals surface area contributed by atoms with Crippen molar-refractivity contribution in [2.45, 2.75) is 32.2 Å². The van der Waals surface area contributed by atoms with Crippen molar-refractivity contribution >= 4 is 5.91 Å². The van der Waals surface area contributed by atoms with Crippen LogP contribution in [0.15, 0.2) is 18.5 Å². The normalized spacial score (nSPS) is 24.3. The van der Waals surface area contributed by atoms with E-state index >= 15 is 0 Å². The van der Waals surface area contributed by atoms with E-state index in [1.807, 2.05) is 16.9 Å². The van der Waals surface area contributed by atoms with Crippen molar-refractivity contribution in [1.82, 2.24) is 15.1 Å². The first kappa shape index (κ1) is 12.7. The fourth-order valence-corrected chi connectivity index (χ4v) is 2.67. The maximum atomic E-state index is 11.9. The van der Waals surface area contributed by atoms with Crippen LogP contribution >= 0.6 is 0 Å². The lowest BCUT2D eigenvalue weighted by molar-refractivity contribution is -0.122. The molecule has 0 radical (unpaired) electrons. The van der Waals surface area contributed by atoms with Gasteiger partial charge in [0.15, 0.2) is 0 Å². The topological polar surface area (TPSA) is 56.1 Å². The van der Waals surface area contributed by atoms with Crippen LogP contribution < -0.4 is 5.32 Å². The quantitative estimate of drug-likeness (QED) is 0.839. The number of carbonyl (C=O) groups excluding carboxylic acids is 1. The van der Waals surface area contributed by atoms with E-state index < -0.39 is 0 Å². The number of hydrogen-bond acceptors (Lipinski definition) is 3. The summed E-state index contributed by atoms with van der Waals surface area (Å²) in [6.07, 6.45) is 7.77. The van der Waals surface area contributed by atoms with Crippen molar-refractivity contribution in [3.05, 3.63) is 18.5 Å². The SMILES string of the molecule is O=C(C[C@@H]1CCOC1)NCC1(Cn2cccn2)CC1. The number of ether oxygens (including phenoxy) is 1. The standard InChI is InChI=1S/C14H21N3O2/c18-13(8-12-2-7-19-9-12)15-10-14(3-4-14)11-17-6-1-5-16-17/h1,5-6,12H,2-4,7-11H2,(H,15,18)/t12-/m0/s1. The van der Waals surface area contributed by atoms with Gasteiger partial charge in [-0.05, 0) is 31.2 Å². The zero-order valence-electron chi connectivity index (χ0n) is 11.2. The van der Waals surface area contributed by atoms with Crippen LogP contribution in [0.5, 0.6) is 0 Å². The maximum absolute atomic E-state index is 11.9. The largest absolute Gasteiger partial charge is 0.381 e. The smallest absolute Gasteiger partial charge is 0.220 e. The highest BCUT2D eigenvalue weighted by molar-refractivity contribution is 5.76. The van der Waals surface area contributed by atoms with Crippen LogP contribution in [0.25, 0.3) is 0 Å². The molecule has 2 heterocycles. The van der Waals surface area contributed by atoms with Gasteiger partial charge in [-0.3, -0.25) is 9.48 Å². The Bertz CT molecular complexity index is 420. The first-order chi connectivity index (χ1) is 9.26. The van der Waals surface area contributed by atoms with Gasteiger partial charge in [-0.25, -0.2) is 0 Å². The minimum atomic E-state index is 0.169. The molecule has 1 atom stereocenters. The van der Waals surface area contributed by atoms with Gasteiger partial charge in [0.25, 0.3) is 0 Å². The Hall–Kier alpha value is -1.36. The number of nitrogens with zero attached hydrogens (tertiary/aromatic N) is 2. The Morgan fingerprint density at radius 2 is 2.42 bits per heavy atom. The Kier molecular flexibility index (Phi) is 3.55. The molecular weight excluding hydrogens is 242 g/mol. The van der Waals surface area contributed by atoms with Crippen molar-refractivity contribution in [2.75, 3.05) is 19.8 Å². The van der Waals surface area contributed by atoms with Gasteiger partial charge in [-0.1, -0.05) is 0 Å². The third-order valence-electron chi connectivity index (χ3n) is 4.17. The molecular formula is C14H21N3O2. The van der Waals surface area contributed by atoms with Gasteiger partial charge in [-0.2, -0.15) is 5.10 Å². The Labute approximate surface area is 113 Å². The van der Waals surface area contributed by atoms with E-state index in [1.54, 1.807) is 6.20 Å². The minimum Gasteiger partial charge on any atom is -0.381 e. The zero-order chi connectivity index (χ0) is 13.1. The lowest BCUT2D eigenvalue weighted by Crippen LogP contribution is -2.33. The van der Waals surface area contributed by atoms with Crippen LogP contribution in [0.2, 0.25) is 0 Å². The average Bonchev–Trinajstić information content (AvgIpc) is 2.84. The van der Waals surface area contributed by atoms with E-state index in [0.717, 1.165) is 32.7 Å². The van der Waals surface area contributed by atoms with Crippen LogP contribution in [0.3, 0.4) is 0 Å². The van der Waals surface area contributed by atoms with Crippen molar-refractivity contribution in [1.29, 1.82) is 0 Å². The maximum Gasteiger partial charge on any atom is 0.220 e. The number of hydrogen-bond donors (Lipinski definition) is 1. The molecule has 1 aromatic rings. The second kappa shape index (κ2) is 5.33. The molecule has 1 aliphatic heterocycles. The fourth-order valence-electron chi connectivity index (χ4n) is 2.67. The van der Waals surface area contributed by atoms with Gasteiger partial charge >= 0.3 is 0 Å². The van der Waals surface area contributed by atoms with Crippen LogP contribution in [0.1, 0.15) is 25.7 Å². The number of amides is 1. The van der Waals surface area contributed by atoms with Crippen LogP contribution in [0.4, 0.5) is 0 Å². The van der Waals surface area contributed by atoms with Gasteiger partial charge in [0.1, 0.15) is 0 Å². The second-order valence-corrected chi connectivity index (χ2v) is 5.91. The first-order valence-corrected chi connectivity index (χ1v) is 7.08. The second-order valence-electron chi connectivity index (χ2n) is 5.91. The highest BCUT2D eigenvalue weighted by Gasteiger charge is 2.43. The van der Waals surface area contributed by atoms with E-state index in [4.69, 9.17) is 4.74 Å². The molecule has 104 valence electrons. The predicted molar refractivity (Wildman–Crippen MR) is 70.4 cm³/mol. The van der Waals surface area contributed by atoms with Gasteiger partial charge in [-0.15, -0.1) is 0 Å². The molecule has 0 spiro atoms. The molecule has 0 aromatic carbocycles. The molecule has 5 nitrogen and oxygen atoms in total. The molecule has 5 heteroatoms. The lowest BCUT2D eigenvalue weighted by atomic mass is 10.0. The average molecular weight is 263 g/mol. The lowest BCUT2D eigenvalue weighted by Gasteiger charge is -2.17. The number of rotatable bonds is 6. The van der Waals surface area contributed by atoms with Crippen LogP contribution in [-0.2, 0) is 16.1 Å². The molecule has 19 heavy (non-hydrogen) atoms. The predicted octanol–water partition coefficient (Wildman–Crippen LogP) is 1.21. The van der Waals surface area contributed by atoms with Gasteiger partial charge in [0, 0.05) is 50.5 Å². The molecule has 0 bridgehead atoms. The molecule has 1 aliphatic carbocycles. The van der Waals surface area contributed by atoms with E-state index in [2.05, 4.69) is 10.4 Å². The summed E-state index contributed by atoms with van der Waals surface area (Å²) < 4.78 is 7.26. The molecule has 3 rings (SSSR count). The molecule has 1 N–H and O–H groups in total. The summed E-state index contributed by atoms with van der Waals surface area (Å²) in [5.41, 5.74) is 0.244. The molecule has 1 saturated carbocycles. The Balaban J connectivity index is 1.42. The minimum absolute atomic E-state index is 0.169. The van der Waals surface area contributed by atoms with E-state index in [0.29, 0.717) is 12.3 Å². The number of carbonyl (C=O) groups is 1. The summed E-state index contributed by atoms with van der Waals surface area (Å²) >= 11 is 0. The highest BCUT2D eigenvalue weighted by Crippen LogP contribution is 2.46. The summed E-state index contributed by atoms with van der Waals surface area (Å²) in [5, 5.41) is 7.33. The summed E-state index contributed by atoms with van der Waals surface area (Å²) in [6, 6.07) is 1.94. The van der Waals surface area contributed by atoms with E-state index in [1.165, 1.54) is 12.8 Å². The van der Waals surface area contributed by atoms with Crippen molar-refractivity contribution in [2.24, 2.45) is 11.3 Å².